The Morgan fingerprint density at radius 3 is 2.75 bits per heavy atom. The summed E-state index contributed by atoms with van der Waals surface area (Å²) in [6.07, 6.45) is -3.11. The molecule has 0 aromatic carbocycles. The molecule has 0 aliphatic heterocycles. The van der Waals surface area contributed by atoms with Gasteiger partial charge in [-0.25, -0.2) is 4.98 Å². The molecule has 1 aromatic rings. The number of aliphatic hydroxyl groups excluding tert-OH is 1. The van der Waals surface area contributed by atoms with Crippen LogP contribution < -0.4 is 0 Å². The van der Waals surface area contributed by atoms with Crippen LogP contribution in [0.15, 0.2) is 11.4 Å². The van der Waals surface area contributed by atoms with Crippen molar-refractivity contribution >= 4 is 11.8 Å². The predicted octanol–water partition coefficient (Wildman–Crippen LogP) is 1.54. The van der Waals surface area contributed by atoms with Crippen molar-refractivity contribution in [2.24, 2.45) is 7.05 Å². The van der Waals surface area contributed by atoms with Gasteiger partial charge in [0.25, 0.3) is 0 Å². The fourth-order valence-corrected chi connectivity index (χ4v) is 1.78. The van der Waals surface area contributed by atoms with Crippen molar-refractivity contribution in [1.29, 1.82) is 0 Å². The molecular weight excluding hydrogens is 245 g/mol. The molecule has 0 amide bonds. The zero-order valence-electron chi connectivity index (χ0n) is 8.49. The van der Waals surface area contributed by atoms with E-state index in [0.717, 1.165) is 11.8 Å². The lowest BCUT2D eigenvalue weighted by Gasteiger charge is -2.07. The van der Waals surface area contributed by atoms with Crippen molar-refractivity contribution in [3.8, 4) is 0 Å². The molecule has 16 heavy (non-hydrogen) atoms. The van der Waals surface area contributed by atoms with Gasteiger partial charge in [0.2, 0.25) is 0 Å². The van der Waals surface area contributed by atoms with Gasteiger partial charge in [-0.3, -0.25) is 4.74 Å². The number of hydrogen-bond donors (Lipinski definition) is 1. The quantitative estimate of drug-likeness (QED) is 0.641. The maximum Gasteiger partial charge on any atom is 0.522 e. The SMILES string of the molecule is Cn1c(CO)cnc1SCCOC(F)(F)F. The molecule has 4 nitrogen and oxygen atoms in total. The van der Waals surface area contributed by atoms with Crippen LogP contribution in [0.1, 0.15) is 5.69 Å². The molecule has 0 fully saturated rings. The Kier molecular flexibility index (Phi) is 4.63. The standard InChI is InChI=1S/C8H11F3N2O2S/c1-13-6(5-14)4-12-7(13)16-3-2-15-8(9,10)11/h4,14H,2-3,5H2,1H3. The first-order valence-electron chi connectivity index (χ1n) is 4.39. The van der Waals surface area contributed by atoms with Crippen molar-refractivity contribution < 1.29 is 23.0 Å². The normalized spacial score (nSPS) is 12.1. The Bertz CT molecular complexity index is 341. The van der Waals surface area contributed by atoms with Crippen LogP contribution in [-0.2, 0) is 18.4 Å². The Hall–Kier alpha value is -0.730. The number of halogens is 3. The van der Waals surface area contributed by atoms with Gasteiger partial charge in [-0.2, -0.15) is 0 Å². The minimum atomic E-state index is -4.58. The van der Waals surface area contributed by atoms with Gasteiger partial charge in [0, 0.05) is 12.8 Å². The summed E-state index contributed by atoms with van der Waals surface area (Å²) < 4.78 is 40.1. The summed E-state index contributed by atoms with van der Waals surface area (Å²) in [6, 6.07) is 0. The molecule has 0 bridgehead atoms. The highest BCUT2D eigenvalue weighted by atomic mass is 32.2. The van der Waals surface area contributed by atoms with Crippen LogP contribution in [-0.4, -0.2) is 33.4 Å². The summed E-state index contributed by atoms with van der Waals surface area (Å²) in [6.45, 7) is -0.571. The Morgan fingerprint density at radius 2 is 2.25 bits per heavy atom. The molecular formula is C8H11F3N2O2S. The molecule has 1 heterocycles. The van der Waals surface area contributed by atoms with Gasteiger partial charge in [0.05, 0.1) is 25.1 Å². The first kappa shape index (κ1) is 13.3. The van der Waals surface area contributed by atoms with E-state index in [9.17, 15) is 13.2 Å². The largest absolute Gasteiger partial charge is 0.522 e. The monoisotopic (exact) mass is 256 g/mol. The van der Waals surface area contributed by atoms with E-state index in [4.69, 9.17) is 5.11 Å². The number of imidazole rings is 1. The van der Waals surface area contributed by atoms with E-state index in [1.807, 2.05) is 0 Å². The molecule has 0 saturated carbocycles. The van der Waals surface area contributed by atoms with Crippen LogP contribution in [0.25, 0.3) is 0 Å². The van der Waals surface area contributed by atoms with Crippen molar-refractivity contribution in [2.45, 2.75) is 18.1 Å². The maximum atomic E-state index is 11.6. The minimum absolute atomic E-state index is 0.148. The molecule has 0 spiro atoms. The van der Waals surface area contributed by atoms with Gasteiger partial charge in [-0.15, -0.1) is 13.2 Å². The number of aromatic nitrogens is 2. The number of rotatable bonds is 5. The molecule has 0 aliphatic rings. The van der Waals surface area contributed by atoms with Crippen LogP contribution in [0.3, 0.4) is 0 Å². The maximum absolute atomic E-state index is 11.6. The molecule has 0 atom stereocenters. The molecule has 0 saturated heterocycles. The van der Waals surface area contributed by atoms with Gasteiger partial charge in [0.15, 0.2) is 5.16 Å². The molecule has 0 aliphatic carbocycles. The lowest BCUT2D eigenvalue weighted by atomic mass is 10.5. The molecule has 92 valence electrons. The van der Waals surface area contributed by atoms with Gasteiger partial charge in [-0.1, -0.05) is 11.8 Å². The first-order valence-corrected chi connectivity index (χ1v) is 5.37. The van der Waals surface area contributed by atoms with Crippen molar-refractivity contribution in [3.05, 3.63) is 11.9 Å². The number of ether oxygens (including phenoxy) is 1. The summed E-state index contributed by atoms with van der Waals surface area (Å²) in [7, 11) is 1.69. The smallest absolute Gasteiger partial charge is 0.390 e. The van der Waals surface area contributed by atoms with E-state index < -0.39 is 13.0 Å². The third-order valence-electron chi connectivity index (χ3n) is 1.78. The van der Waals surface area contributed by atoms with Crippen molar-refractivity contribution in [1.82, 2.24) is 9.55 Å². The number of alkyl halides is 3. The summed E-state index contributed by atoms with van der Waals surface area (Å²) >= 11 is 1.14. The second kappa shape index (κ2) is 5.55. The topological polar surface area (TPSA) is 47.3 Å². The minimum Gasteiger partial charge on any atom is -0.390 e. The Balaban J connectivity index is 2.35. The lowest BCUT2D eigenvalue weighted by Crippen LogP contribution is -2.15. The highest BCUT2D eigenvalue weighted by Gasteiger charge is 2.28. The van der Waals surface area contributed by atoms with Gasteiger partial charge >= 0.3 is 6.36 Å². The van der Waals surface area contributed by atoms with Crippen LogP contribution in [0.4, 0.5) is 13.2 Å². The van der Waals surface area contributed by atoms with Gasteiger partial charge < -0.3 is 9.67 Å². The Morgan fingerprint density at radius 1 is 1.56 bits per heavy atom. The van der Waals surface area contributed by atoms with E-state index in [1.165, 1.54) is 6.20 Å². The van der Waals surface area contributed by atoms with Crippen LogP contribution in [0, 0.1) is 0 Å². The number of hydrogen-bond acceptors (Lipinski definition) is 4. The van der Waals surface area contributed by atoms with Crippen molar-refractivity contribution in [2.75, 3.05) is 12.4 Å². The third kappa shape index (κ3) is 4.03. The fourth-order valence-electron chi connectivity index (χ4n) is 0.997. The van der Waals surface area contributed by atoms with E-state index >= 15 is 0 Å². The first-order chi connectivity index (χ1) is 7.44. The highest BCUT2D eigenvalue weighted by molar-refractivity contribution is 7.99. The number of nitrogens with zero attached hydrogens (tertiary/aromatic N) is 2. The van der Waals surface area contributed by atoms with E-state index in [-0.39, 0.29) is 12.4 Å². The summed E-state index contributed by atoms with van der Waals surface area (Å²) in [5, 5.41) is 9.42. The summed E-state index contributed by atoms with van der Waals surface area (Å²) in [5.41, 5.74) is 0.610. The zero-order chi connectivity index (χ0) is 12.2. The van der Waals surface area contributed by atoms with Crippen LogP contribution in [0.2, 0.25) is 0 Å². The molecule has 8 heteroatoms. The Labute approximate surface area is 94.4 Å². The zero-order valence-corrected chi connectivity index (χ0v) is 9.31. The number of thioether (sulfide) groups is 1. The predicted molar refractivity (Wildman–Crippen MR) is 51.9 cm³/mol. The van der Waals surface area contributed by atoms with E-state index in [0.29, 0.717) is 10.9 Å². The van der Waals surface area contributed by atoms with E-state index in [1.54, 1.807) is 11.6 Å². The lowest BCUT2D eigenvalue weighted by molar-refractivity contribution is -0.322. The van der Waals surface area contributed by atoms with E-state index in [2.05, 4.69) is 9.72 Å². The second-order valence-electron chi connectivity index (χ2n) is 2.89. The van der Waals surface area contributed by atoms with Crippen molar-refractivity contribution in [3.63, 3.8) is 0 Å². The summed E-state index contributed by atoms with van der Waals surface area (Å²) in [5.74, 6) is 0.148. The van der Waals surface area contributed by atoms with Gasteiger partial charge in [0.1, 0.15) is 0 Å². The van der Waals surface area contributed by atoms with Crippen LogP contribution >= 0.6 is 11.8 Å². The van der Waals surface area contributed by atoms with Crippen LogP contribution in [0.5, 0.6) is 0 Å². The average molecular weight is 256 g/mol. The molecule has 1 rings (SSSR count). The number of aliphatic hydroxyl groups is 1. The highest BCUT2D eigenvalue weighted by Crippen LogP contribution is 2.20. The molecule has 0 unspecified atom stereocenters. The second-order valence-corrected chi connectivity index (χ2v) is 3.95. The molecule has 1 N–H and O–H groups in total. The van der Waals surface area contributed by atoms with Gasteiger partial charge in [-0.05, 0) is 0 Å². The fraction of sp³-hybridized carbons (Fsp3) is 0.625. The average Bonchev–Trinajstić information content (AvgIpc) is 2.53. The third-order valence-corrected chi connectivity index (χ3v) is 2.79. The summed E-state index contributed by atoms with van der Waals surface area (Å²) in [4.78, 5) is 3.95. The molecule has 0 radical (unpaired) electrons. The molecule has 1 aromatic heterocycles.